The monoisotopic (exact) mass is 502 g/mol. The lowest BCUT2D eigenvalue weighted by atomic mass is 10.0. The molecule has 0 saturated heterocycles. The molecule has 0 bridgehead atoms. The Morgan fingerprint density at radius 3 is 2.44 bits per heavy atom. The highest BCUT2D eigenvalue weighted by molar-refractivity contribution is 6.30. The maximum Gasteiger partial charge on any atom is 0.417 e. The van der Waals surface area contributed by atoms with E-state index in [4.69, 9.17) is 21.8 Å². The van der Waals surface area contributed by atoms with Gasteiger partial charge in [0.15, 0.2) is 5.58 Å². The normalized spacial score (nSPS) is 11.1. The van der Waals surface area contributed by atoms with E-state index in [-0.39, 0.29) is 24.2 Å². The van der Waals surface area contributed by atoms with Gasteiger partial charge in [-0.3, -0.25) is 19.4 Å². The fourth-order valence-corrected chi connectivity index (χ4v) is 4.25. The predicted molar refractivity (Wildman–Crippen MR) is 135 cm³/mol. The smallest absolute Gasteiger partial charge is 0.408 e. The fourth-order valence-electron chi connectivity index (χ4n) is 4.12. The highest BCUT2D eigenvalue weighted by atomic mass is 35.5. The number of hydrogen-bond acceptors (Lipinski definition) is 5. The first kappa shape index (κ1) is 23.1. The van der Waals surface area contributed by atoms with Crippen LogP contribution in [-0.2, 0) is 17.6 Å². The molecule has 180 valence electrons. The topological polar surface area (TPSA) is 151 Å². The third-order valence-electron chi connectivity index (χ3n) is 5.75. The number of hydrogen-bond donors (Lipinski definition) is 4. The first-order chi connectivity index (χ1) is 17.3. The molecule has 2 aromatic heterocycles. The zero-order valence-corrected chi connectivity index (χ0v) is 19.4. The molecule has 0 spiro atoms. The lowest BCUT2D eigenvalue weighted by molar-refractivity contribution is -0.117. The number of benzene rings is 3. The fraction of sp³-hybridized carbons (Fsp3) is 0.0769. The van der Waals surface area contributed by atoms with Crippen LogP contribution in [0.5, 0.6) is 0 Å². The number of aromatic nitrogens is 2. The summed E-state index contributed by atoms with van der Waals surface area (Å²) >= 11 is 5.90. The van der Waals surface area contributed by atoms with E-state index in [1.165, 1.54) is 6.07 Å². The van der Waals surface area contributed by atoms with Crippen molar-refractivity contribution in [3.8, 4) is 0 Å². The molecule has 3 aromatic carbocycles. The number of amides is 2. The summed E-state index contributed by atoms with van der Waals surface area (Å²) in [6, 6.07) is 16.5. The zero-order chi connectivity index (χ0) is 25.4. The van der Waals surface area contributed by atoms with E-state index in [1.807, 2.05) is 0 Å². The molecular weight excluding hydrogens is 484 g/mol. The van der Waals surface area contributed by atoms with Crippen LogP contribution in [0.3, 0.4) is 0 Å². The summed E-state index contributed by atoms with van der Waals surface area (Å²) in [5, 5.41) is 3.84. The number of H-pyrrole nitrogens is 2. The summed E-state index contributed by atoms with van der Waals surface area (Å²) < 4.78 is 5.02. The Hall–Kier alpha value is -4.63. The SMILES string of the molecule is NC(=O)c1c(CC(=O)Cc2ccc(Cl)cc2)[nH]c2cc(C(=O)Nc3ccc4[nH]c(=O)oc4c3)ccc12. The Morgan fingerprint density at radius 1 is 0.917 bits per heavy atom. The third-order valence-corrected chi connectivity index (χ3v) is 6.00. The lowest BCUT2D eigenvalue weighted by Crippen LogP contribution is -2.15. The number of halogens is 1. The van der Waals surface area contributed by atoms with Gasteiger partial charge in [0.05, 0.1) is 11.1 Å². The maximum atomic E-state index is 12.8. The van der Waals surface area contributed by atoms with Crippen LogP contribution in [0.4, 0.5) is 5.69 Å². The molecule has 5 N–H and O–H groups in total. The molecule has 0 aliphatic carbocycles. The van der Waals surface area contributed by atoms with E-state index in [2.05, 4.69) is 15.3 Å². The van der Waals surface area contributed by atoms with Gasteiger partial charge < -0.3 is 20.5 Å². The molecule has 0 saturated carbocycles. The number of ketones is 1. The Morgan fingerprint density at radius 2 is 1.69 bits per heavy atom. The average Bonchev–Trinajstić information content (AvgIpc) is 3.38. The number of aromatic amines is 2. The third kappa shape index (κ3) is 4.64. The van der Waals surface area contributed by atoms with E-state index in [9.17, 15) is 19.2 Å². The Balaban J connectivity index is 1.39. The van der Waals surface area contributed by atoms with E-state index < -0.39 is 17.6 Å². The van der Waals surface area contributed by atoms with Crippen molar-refractivity contribution in [2.24, 2.45) is 5.73 Å². The van der Waals surface area contributed by atoms with Gasteiger partial charge in [-0.2, -0.15) is 0 Å². The number of oxazole rings is 1. The molecule has 0 atom stereocenters. The summed E-state index contributed by atoms with van der Waals surface area (Å²) in [5.41, 5.74) is 9.11. The van der Waals surface area contributed by atoms with Crippen LogP contribution in [0.2, 0.25) is 5.02 Å². The van der Waals surface area contributed by atoms with Crippen LogP contribution < -0.4 is 16.8 Å². The van der Waals surface area contributed by atoms with Gasteiger partial charge >= 0.3 is 5.76 Å². The maximum absolute atomic E-state index is 12.8. The quantitative estimate of drug-likeness (QED) is 0.265. The van der Waals surface area contributed by atoms with Gasteiger partial charge in [0.25, 0.3) is 11.8 Å². The van der Waals surface area contributed by atoms with Crippen LogP contribution >= 0.6 is 11.6 Å². The molecule has 0 unspecified atom stereocenters. The van der Waals surface area contributed by atoms with Gasteiger partial charge in [-0.15, -0.1) is 0 Å². The van der Waals surface area contributed by atoms with Crippen LogP contribution in [-0.4, -0.2) is 27.6 Å². The van der Waals surface area contributed by atoms with Gasteiger partial charge in [0.1, 0.15) is 5.78 Å². The van der Waals surface area contributed by atoms with Crippen molar-refractivity contribution < 1.29 is 18.8 Å². The van der Waals surface area contributed by atoms with E-state index in [1.54, 1.807) is 54.6 Å². The molecule has 10 heteroatoms. The lowest BCUT2D eigenvalue weighted by Gasteiger charge is -2.05. The molecule has 9 nitrogen and oxygen atoms in total. The number of primary amides is 1. The minimum atomic E-state index is -0.672. The molecular formula is C26H19ClN4O5. The number of fused-ring (bicyclic) bond motifs is 2. The summed E-state index contributed by atoms with van der Waals surface area (Å²) in [4.78, 5) is 54.7. The molecule has 5 rings (SSSR count). The molecule has 36 heavy (non-hydrogen) atoms. The molecule has 5 aromatic rings. The molecule has 0 radical (unpaired) electrons. The van der Waals surface area contributed by atoms with Crippen molar-refractivity contribution in [2.75, 3.05) is 5.32 Å². The second-order valence-electron chi connectivity index (χ2n) is 8.30. The van der Waals surface area contributed by atoms with Gasteiger partial charge in [0.2, 0.25) is 0 Å². The first-order valence-corrected chi connectivity index (χ1v) is 11.3. The number of anilines is 1. The number of nitrogens with two attached hydrogens (primary N) is 1. The van der Waals surface area contributed by atoms with Crippen molar-refractivity contribution in [1.82, 2.24) is 9.97 Å². The number of rotatable bonds is 7. The van der Waals surface area contributed by atoms with Crippen LogP contribution in [0.1, 0.15) is 32.0 Å². The molecule has 2 heterocycles. The second kappa shape index (κ2) is 9.20. The van der Waals surface area contributed by atoms with Crippen molar-refractivity contribution in [3.63, 3.8) is 0 Å². The summed E-state index contributed by atoms with van der Waals surface area (Å²) in [6.07, 6.45) is 0.142. The minimum absolute atomic E-state index is 0.0288. The largest absolute Gasteiger partial charge is 0.417 e. The zero-order valence-electron chi connectivity index (χ0n) is 18.7. The molecule has 0 aliphatic heterocycles. The molecule has 0 fully saturated rings. The van der Waals surface area contributed by atoms with Crippen molar-refractivity contribution in [3.05, 3.63) is 98.6 Å². The number of nitrogens with one attached hydrogen (secondary N) is 3. The Bertz CT molecular complexity index is 1710. The van der Waals surface area contributed by atoms with Gasteiger partial charge in [0, 0.05) is 51.8 Å². The second-order valence-corrected chi connectivity index (χ2v) is 8.74. The first-order valence-electron chi connectivity index (χ1n) is 10.9. The van der Waals surface area contributed by atoms with Crippen molar-refractivity contribution >= 4 is 56.9 Å². The Kier molecular flexibility index (Phi) is 5.91. The summed E-state index contributed by atoms with van der Waals surface area (Å²) in [7, 11) is 0. The standard InChI is InChI=1S/C26H19ClN4O5/c27-15-4-1-13(2-5-15)9-17(32)12-21-23(24(28)33)18-7-3-14(10-20(18)30-21)25(34)29-16-6-8-19-22(11-16)36-26(35)31-19/h1-8,10-11,30H,9,12H2,(H2,28,33)(H,29,34)(H,31,35). The van der Waals surface area contributed by atoms with E-state index in [0.29, 0.717) is 44.0 Å². The molecule has 2 amide bonds. The average molecular weight is 503 g/mol. The molecule has 0 aliphatic rings. The van der Waals surface area contributed by atoms with Crippen molar-refractivity contribution in [2.45, 2.75) is 12.8 Å². The van der Waals surface area contributed by atoms with Gasteiger partial charge in [-0.25, -0.2) is 4.79 Å². The van der Waals surface area contributed by atoms with E-state index in [0.717, 1.165) is 5.56 Å². The highest BCUT2D eigenvalue weighted by Gasteiger charge is 2.20. The predicted octanol–water partition coefficient (Wildman–Crippen LogP) is 3.96. The minimum Gasteiger partial charge on any atom is -0.408 e. The number of Topliss-reactive ketones (excluding diaryl/α,β-unsaturated/α-hetero) is 1. The summed E-state index contributed by atoms with van der Waals surface area (Å²) in [6.45, 7) is 0. The van der Waals surface area contributed by atoms with E-state index >= 15 is 0 Å². The summed E-state index contributed by atoms with van der Waals surface area (Å²) in [5.74, 6) is -1.78. The van der Waals surface area contributed by atoms with Crippen LogP contribution in [0.15, 0.2) is 69.9 Å². The van der Waals surface area contributed by atoms with Crippen LogP contribution in [0, 0.1) is 0 Å². The van der Waals surface area contributed by atoms with Crippen molar-refractivity contribution in [1.29, 1.82) is 0 Å². The van der Waals surface area contributed by atoms with Crippen LogP contribution in [0.25, 0.3) is 22.0 Å². The number of carbonyl (C=O) groups is 3. The van der Waals surface area contributed by atoms with Gasteiger partial charge in [-0.1, -0.05) is 29.8 Å². The Labute approximate surface area is 208 Å². The van der Waals surface area contributed by atoms with Gasteiger partial charge in [-0.05, 0) is 42.0 Å². The number of carbonyl (C=O) groups excluding carboxylic acids is 3. The highest BCUT2D eigenvalue weighted by Crippen LogP contribution is 2.25.